The van der Waals surface area contributed by atoms with Gasteiger partial charge in [0.1, 0.15) is 6.07 Å². The van der Waals surface area contributed by atoms with E-state index in [1.165, 1.54) is 25.3 Å². The zero-order valence-electron chi connectivity index (χ0n) is 14.3. The molecule has 1 saturated heterocycles. The number of nitriles is 1. The van der Waals surface area contributed by atoms with Crippen LogP contribution >= 0.6 is 11.6 Å². The maximum atomic E-state index is 12.0. The molecular formula is C17H19ClN4O4. The number of nitrogens with one attached hydrogen (secondary N) is 2. The van der Waals surface area contributed by atoms with Crippen molar-refractivity contribution in [2.24, 2.45) is 5.92 Å². The number of hydrogen-bond donors (Lipinski definition) is 2. The van der Waals surface area contributed by atoms with Gasteiger partial charge in [-0.25, -0.2) is 4.79 Å². The first-order chi connectivity index (χ1) is 12.4. The molecule has 1 aliphatic rings. The number of halogens is 1. The van der Waals surface area contributed by atoms with Crippen LogP contribution in [0.2, 0.25) is 5.02 Å². The molecule has 0 bridgehead atoms. The SMILES string of the molecule is COC(=O)N1CCC(CNC(=O)C(=O)Nc2cc(Cl)ccc2C#N)CC1. The summed E-state index contributed by atoms with van der Waals surface area (Å²) in [6.45, 7) is 1.43. The second-order valence-electron chi connectivity index (χ2n) is 5.87. The molecule has 9 heteroatoms. The minimum atomic E-state index is -0.865. The number of piperidine rings is 1. The number of hydrogen-bond acceptors (Lipinski definition) is 5. The molecule has 0 saturated carbocycles. The summed E-state index contributed by atoms with van der Waals surface area (Å²) < 4.78 is 4.67. The lowest BCUT2D eigenvalue weighted by molar-refractivity contribution is -0.136. The first-order valence-electron chi connectivity index (χ1n) is 8.06. The van der Waals surface area contributed by atoms with E-state index >= 15 is 0 Å². The highest BCUT2D eigenvalue weighted by molar-refractivity contribution is 6.40. The molecule has 1 aliphatic heterocycles. The zero-order chi connectivity index (χ0) is 19.1. The zero-order valence-corrected chi connectivity index (χ0v) is 15.0. The van der Waals surface area contributed by atoms with Gasteiger partial charge in [-0.1, -0.05) is 11.6 Å². The Hall–Kier alpha value is -2.79. The molecule has 0 spiro atoms. The van der Waals surface area contributed by atoms with Gasteiger partial charge in [-0.15, -0.1) is 0 Å². The van der Waals surface area contributed by atoms with Crippen LogP contribution in [0.15, 0.2) is 18.2 Å². The summed E-state index contributed by atoms with van der Waals surface area (Å²) in [7, 11) is 1.34. The van der Waals surface area contributed by atoms with Crippen molar-refractivity contribution in [2.45, 2.75) is 12.8 Å². The fraction of sp³-hybridized carbons (Fsp3) is 0.412. The molecule has 2 rings (SSSR count). The highest BCUT2D eigenvalue weighted by Gasteiger charge is 2.24. The molecule has 0 aliphatic carbocycles. The quantitative estimate of drug-likeness (QED) is 0.778. The molecule has 3 amide bonds. The maximum Gasteiger partial charge on any atom is 0.409 e. The van der Waals surface area contributed by atoms with Crippen LogP contribution in [0.3, 0.4) is 0 Å². The monoisotopic (exact) mass is 378 g/mol. The second-order valence-corrected chi connectivity index (χ2v) is 6.30. The van der Waals surface area contributed by atoms with Crippen LogP contribution in [0, 0.1) is 17.2 Å². The second kappa shape index (κ2) is 9.06. The van der Waals surface area contributed by atoms with Gasteiger partial charge in [0.25, 0.3) is 0 Å². The number of anilines is 1. The molecule has 0 atom stereocenters. The van der Waals surface area contributed by atoms with Crippen LogP contribution in [0.1, 0.15) is 18.4 Å². The first-order valence-corrected chi connectivity index (χ1v) is 8.44. The minimum Gasteiger partial charge on any atom is -0.453 e. The van der Waals surface area contributed by atoms with E-state index in [0.29, 0.717) is 37.5 Å². The molecule has 26 heavy (non-hydrogen) atoms. The van der Waals surface area contributed by atoms with Crippen LogP contribution in [0.5, 0.6) is 0 Å². The van der Waals surface area contributed by atoms with Crippen LogP contribution in [0.25, 0.3) is 0 Å². The highest BCUT2D eigenvalue weighted by Crippen LogP contribution is 2.20. The Bertz CT molecular complexity index is 739. The average molecular weight is 379 g/mol. The lowest BCUT2D eigenvalue weighted by atomic mass is 9.97. The van der Waals surface area contributed by atoms with Crippen molar-refractivity contribution in [1.29, 1.82) is 5.26 Å². The molecule has 2 N–H and O–H groups in total. The number of carbonyl (C=O) groups is 3. The molecule has 0 radical (unpaired) electrons. The fourth-order valence-electron chi connectivity index (χ4n) is 2.66. The van der Waals surface area contributed by atoms with E-state index in [-0.39, 0.29) is 23.3 Å². The van der Waals surface area contributed by atoms with E-state index in [0.717, 1.165) is 0 Å². The van der Waals surface area contributed by atoms with Crippen LogP contribution in [-0.4, -0.2) is 49.6 Å². The van der Waals surface area contributed by atoms with E-state index in [4.69, 9.17) is 16.9 Å². The number of likely N-dealkylation sites (tertiary alicyclic amines) is 1. The van der Waals surface area contributed by atoms with Gasteiger partial charge < -0.3 is 20.3 Å². The summed E-state index contributed by atoms with van der Waals surface area (Å²) in [5.74, 6) is -1.48. The van der Waals surface area contributed by atoms with Crippen molar-refractivity contribution in [3.05, 3.63) is 28.8 Å². The van der Waals surface area contributed by atoms with Gasteiger partial charge >= 0.3 is 17.9 Å². The van der Waals surface area contributed by atoms with E-state index in [1.54, 1.807) is 4.90 Å². The van der Waals surface area contributed by atoms with Crippen molar-refractivity contribution in [3.63, 3.8) is 0 Å². The third-order valence-electron chi connectivity index (χ3n) is 4.16. The van der Waals surface area contributed by atoms with E-state index < -0.39 is 11.8 Å². The molecule has 138 valence electrons. The average Bonchev–Trinajstić information content (AvgIpc) is 2.66. The molecule has 1 fully saturated rings. The predicted octanol–water partition coefficient (Wildman–Crippen LogP) is 1.74. The topological polar surface area (TPSA) is 112 Å². The normalized spacial score (nSPS) is 14.3. The fourth-order valence-corrected chi connectivity index (χ4v) is 2.83. The van der Waals surface area contributed by atoms with E-state index in [1.807, 2.05) is 6.07 Å². The van der Waals surface area contributed by atoms with Crippen molar-refractivity contribution < 1.29 is 19.1 Å². The third-order valence-corrected chi connectivity index (χ3v) is 4.39. The van der Waals surface area contributed by atoms with E-state index in [9.17, 15) is 14.4 Å². The standard InChI is InChI=1S/C17H19ClN4O4/c1-26-17(25)22-6-4-11(5-7-22)10-20-15(23)16(24)21-14-8-13(18)3-2-12(14)9-19/h2-3,8,11H,4-7,10H2,1H3,(H,20,23)(H,21,24). The van der Waals surface area contributed by atoms with Gasteiger partial charge in [0, 0.05) is 24.7 Å². The highest BCUT2D eigenvalue weighted by atomic mass is 35.5. The maximum absolute atomic E-state index is 12.0. The summed E-state index contributed by atoms with van der Waals surface area (Å²) >= 11 is 5.85. The van der Waals surface area contributed by atoms with Gasteiger partial charge in [-0.3, -0.25) is 9.59 Å². The lowest BCUT2D eigenvalue weighted by Crippen LogP contribution is -2.43. The Kier molecular flexibility index (Phi) is 6.81. The number of benzene rings is 1. The van der Waals surface area contributed by atoms with Crippen LogP contribution < -0.4 is 10.6 Å². The van der Waals surface area contributed by atoms with Crippen LogP contribution in [0.4, 0.5) is 10.5 Å². The number of methoxy groups -OCH3 is 1. The van der Waals surface area contributed by atoms with Crippen molar-refractivity contribution in [2.75, 3.05) is 32.1 Å². The largest absolute Gasteiger partial charge is 0.453 e. The Morgan fingerprint density at radius 2 is 2.00 bits per heavy atom. The van der Waals surface area contributed by atoms with Crippen LogP contribution in [-0.2, 0) is 14.3 Å². The van der Waals surface area contributed by atoms with E-state index in [2.05, 4.69) is 15.4 Å². The van der Waals surface area contributed by atoms with Crippen molar-refractivity contribution in [3.8, 4) is 6.07 Å². The number of ether oxygens (including phenoxy) is 1. The number of amides is 3. The molecule has 0 unspecified atom stereocenters. The Balaban J connectivity index is 1.82. The molecule has 1 heterocycles. The first kappa shape index (κ1) is 19.5. The molecule has 1 aromatic carbocycles. The third kappa shape index (κ3) is 5.10. The van der Waals surface area contributed by atoms with Crippen molar-refractivity contribution >= 4 is 35.2 Å². The van der Waals surface area contributed by atoms with Gasteiger partial charge in [-0.2, -0.15) is 5.26 Å². The Morgan fingerprint density at radius 1 is 1.31 bits per heavy atom. The molecule has 0 aromatic heterocycles. The molecule has 8 nitrogen and oxygen atoms in total. The summed E-state index contributed by atoms with van der Waals surface area (Å²) in [5, 5.41) is 14.3. The molecule has 1 aromatic rings. The van der Waals surface area contributed by atoms with Crippen molar-refractivity contribution in [1.82, 2.24) is 10.2 Å². The smallest absolute Gasteiger partial charge is 0.409 e. The predicted molar refractivity (Wildman–Crippen MR) is 94.5 cm³/mol. The summed E-state index contributed by atoms with van der Waals surface area (Å²) in [6, 6.07) is 6.32. The summed E-state index contributed by atoms with van der Waals surface area (Å²) in [5.41, 5.74) is 0.400. The number of carbonyl (C=O) groups excluding carboxylic acids is 3. The Labute approximate surface area is 156 Å². The number of rotatable bonds is 3. The van der Waals surface area contributed by atoms with Gasteiger partial charge in [-0.05, 0) is 37.0 Å². The lowest BCUT2D eigenvalue weighted by Gasteiger charge is -2.30. The van der Waals surface area contributed by atoms with Gasteiger partial charge in [0.15, 0.2) is 0 Å². The Morgan fingerprint density at radius 3 is 2.62 bits per heavy atom. The molecular weight excluding hydrogens is 360 g/mol. The summed E-state index contributed by atoms with van der Waals surface area (Å²) in [4.78, 5) is 37.0. The summed E-state index contributed by atoms with van der Waals surface area (Å²) in [6.07, 6.45) is 1.06. The van der Waals surface area contributed by atoms with Gasteiger partial charge in [0.2, 0.25) is 0 Å². The number of nitrogens with zero attached hydrogens (tertiary/aromatic N) is 2. The minimum absolute atomic E-state index is 0.175. The van der Waals surface area contributed by atoms with Gasteiger partial charge in [0.05, 0.1) is 18.4 Å².